The summed E-state index contributed by atoms with van der Waals surface area (Å²) in [7, 11) is 2.92. The van der Waals surface area contributed by atoms with E-state index in [1.54, 1.807) is 25.3 Å². The lowest BCUT2D eigenvalue weighted by Crippen LogP contribution is -2.39. The van der Waals surface area contributed by atoms with Gasteiger partial charge in [0.1, 0.15) is 5.75 Å². The van der Waals surface area contributed by atoms with Crippen molar-refractivity contribution in [2.45, 2.75) is 26.8 Å². The van der Waals surface area contributed by atoms with Crippen LogP contribution in [0.1, 0.15) is 36.6 Å². The molecular weight excluding hydrogens is 480 g/mol. The first-order valence-corrected chi connectivity index (χ1v) is 12.4. The number of carbonyl (C=O) groups excluding carboxylic acids is 1. The smallest absolute Gasteiger partial charge is 0.337 e. The number of ether oxygens (including phenoxy) is 4. The Kier molecular flexibility index (Phi) is 7.59. The predicted molar refractivity (Wildman–Crippen MR) is 138 cm³/mol. The number of aryl methyl sites for hydroxylation is 1. The van der Waals surface area contributed by atoms with Gasteiger partial charge in [-0.05, 0) is 61.7 Å². The molecule has 0 amide bonds. The Balaban J connectivity index is 1.90. The number of esters is 1. The SMILES string of the molecule is CCOc1ccc([C@@H]2C(C(=O)OC)=CN=c3s/c(=C/c4ccc(C)c(OC)c4)c(=O)n32)cc1OCC. The van der Waals surface area contributed by atoms with Crippen molar-refractivity contribution in [3.05, 3.63) is 84.5 Å². The molecule has 1 atom stereocenters. The van der Waals surface area contributed by atoms with Crippen LogP contribution in [0.3, 0.4) is 0 Å². The number of aromatic nitrogens is 1. The largest absolute Gasteiger partial charge is 0.496 e. The second-order valence-electron chi connectivity index (χ2n) is 7.98. The molecule has 0 saturated heterocycles. The van der Waals surface area contributed by atoms with Gasteiger partial charge in [-0.3, -0.25) is 9.36 Å². The number of rotatable bonds is 8. The fraction of sp³-hybridized carbons (Fsp3) is 0.296. The number of thiazole rings is 1. The first kappa shape index (κ1) is 25.2. The van der Waals surface area contributed by atoms with Crippen LogP contribution >= 0.6 is 11.3 Å². The fourth-order valence-corrected chi connectivity index (χ4v) is 5.03. The first-order chi connectivity index (χ1) is 17.4. The highest BCUT2D eigenvalue weighted by molar-refractivity contribution is 7.07. The number of fused-ring (bicyclic) bond motifs is 1. The van der Waals surface area contributed by atoms with E-state index in [1.165, 1.54) is 29.2 Å². The summed E-state index contributed by atoms with van der Waals surface area (Å²) >= 11 is 1.25. The molecule has 0 aliphatic carbocycles. The molecule has 188 valence electrons. The minimum atomic E-state index is -0.738. The average Bonchev–Trinajstić information content (AvgIpc) is 3.20. The predicted octanol–water partition coefficient (Wildman–Crippen LogP) is 3.13. The zero-order valence-corrected chi connectivity index (χ0v) is 21.7. The Morgan fingerprint density at radius 1 is 1.06 bits per heavy atom. The van der Waals surface area contributed by atoms with E-state index in [-0.39, 0.29) is 11.1 Å². The van der Waals surface area contributed by atoms with Gasteiger partial charge in [-0.1, -0.05) is 29.5 Å². The molecule has 0 N–H and O–H groups in total. The zero-order valence-electron chi connectivity index (χ0n) is 20.9. The number of nitrogens with zero attached hydrogens (tertiary/aromatic N) is 2. The molecule has 1 aromatic heterocycles. The van der Waals surface area contributed by atoms with E-state index in [9.17, 15) is 9.59 Å². The maximum atomic E-state index is 13.7. The van der Waals surface area contributed by atoms with Crippen LogP contribution < -0.4 is 29.1 Å². The normalized spacial score (nSPS) is 15.0. The van der Waals surface area contributed by atoms with E-state index in [1.807, 2.05) is 45.0 Å². The van der Waals surface area contributed by atoms with E-state index in [0.29, 0.717) is 39.6 Å². The molecule has 2 aromatic carbocycles. The Morgan fingerprint density at radius 2 is 1.81 bits per heavy atom. The summed E-state index contributed by atoms with van der Waals surface area (Å²) < 4.78 is 23.9. The molecule has 1 aliphatic heterocycles. The highest BCUT2D eigenvalue weighted by atomic mass is 32.1. The van der Waals surface area contributed by atoms with E-state index in [0.717, 1.165) is 16.9 Å². The highest BCUT2D eigenvalue weighted by Crippen LogP contribution is 2.35. The molecule has 36 heavy (non-hydrogen) atoms. The first-order valence-electron chi connectivity index (χ1n) is 11.5. The minimum Gasteiger partial charge on any atom is -0.496 e. The number of methoxy groups -OCH3 is 2. The third-order valence-corrected chi connectivity index (χ3v) is 6.73. The summed E-state index contributed by atoms with van der Waals surface area (Å²) in [6.07, 6.45) is 3.27. The van der Waals surface area contributed by atoms with Crippen LogP contribution in [0.2, 0.25) is 0 Å². The third kappa shape index (κ3) is 4.79. The van der Waals surface area contributed by atoms with Gasteiger partial charge in [0, 0.05) is 6.20 Å². The molecule has 0 bridgehead atoms. The molecule has 0 saturated carbocycles. The van der Waals surface area contributed by atoms with Crippen molar-refractivity contribution in [2.24, 2.45) is 4.99 Å². The fourth-order valence-electron chi connectivity index (χ4n) is 4.07. The van der Waals surface area contributed by atoms with Gasteiger partial charge in [-0.25, -0.2) is 9.79 Å². The van der Waals surface area contributed by atoms with E-state index >= 15 is 0 Å². The zero-order chi connectivity index (χ0) is 25.8. The van der Waals surface area contributed by atoms with Crippen LogP contribution in [0.25, 0.3) is 6.08 Å². The van der Waals surface area contributed by atoms with Crippen molar-refractivity contribution >= 4 is 23.4 Å². The van der Waals surface area contributed by atoms with Gasteiger partial charge >= 0.3 is 5.97 Å². The molecule has 3 aromatic rings. The Labute approximate surface area is 212 Å². The number of hydrogen-bond acceptors (Lipinski definition) is 8. The van der Waals surface area contributed by atoms with Crippen molar-refractivity contribution in [3.63, 3.8) is 0 Å². The maximum Gasteiger partial charge on any atom is 0.337 e. The van der Waals surface area contributed by atoms with Crippen molar-refractivity contribution in [3.8, 4) is 17.2 Å². The third-order valence-electron chi connectivity index (χ3n) is 5.74. The van der Waals surface area contributed by atoms with Gasteiger partial charge in [0.15, 0.2) is 16.3 Å². The van der Waals surface area contributed by atoms with Crippen LogP contribution in [-0.4, -0.2) is 38.0 Å². The summed E-state index contributed by atoms with van der Waals surface area (Å²) in [5.74, 6) is 1.30. The lowest BCUT2D eigenvalue weighted by molar-refractivity contribution is -0.136. The molecule has 2 heterocycles. The summed E-state index contributed by atoms with van der Waals surface area (Å²) in [4.78, 5) is 31.3. The van der Waals surface area contributed by atoms with E-state index in [2.05, 4.69) is 4.99 Å². The monoisotopic (exact) mass is 508 g/mol. The van der Waals surface area contributed by atoms with Gasteiger partial charge in [0.25, 0.3) is 5.56 Å². The van der Waals surface area contributed by atoms with E-state index < -0.39 is 12.0 Å². The van der Waals surface area contributed by atoms with Crippen LogP contribution in [0.15, 0.2) is 58.0 Å². The van der Waals surface area contributed by atoms with Crippen LogP contribution in [-0.2, 0) is 9.53 Å². The second-order valence-corrected chi connectivity index (χ2v) is 8.99. The van der Waals surface area contributed by atoms with Crippen LogP contribution in [0.5, 0.6) is 17.2 Å². The molecule has 0 spiro atoms. The Hall–Kier alpha value is -3.85. The van der Waals surface area contributed by atoms with Gasteiger partial charge in [0.05, 0.1) is 43.6 Å². The summed E-state index contributed by atoms with van der Waals surface area (Å²) in [6.45, 7) is 6.64. The summed E-state index contributed by atoms with van der Waals surface area (Å²) in [5, 5.41) is 0. The molecule has 4 rings (SSSR count). The van der Waals surface area contributed by atoms with Gasteiger partial charge < -0.3 is 18.9 Å². The average molecular weight is 509 g/mol. The van der Waals surface area contributed by atoms with Gasteiger partial charge in [-0.2, -0.15) is 0 Å². The standard InChI is InChI=1S/C27H28N2O6S/c1-6-34-20-11-10-18(14-22(20)35-7-2)24-19(26(31)33-5)15-28-27-29(24)25(30)23(36-27)13-17-9-8-16(3)21(12-17)32-4/h8-15,24H,6-7H2,1-5H3/b23-13+/t24-/m1/s1. The number of benzene rings is 2. The molecule has 0 unspecified atom stereocenters. The van der Waals surface area contributed by atoms with Crippen LogP contribution in [0.4, 0.5) is 0 Å². The molecule has 8 nitrogen and oxygen atoms in total. The van der Waals surface area contributed by atoms with Crippen LogP contribution in [0, 0.1) is 6.92 Å². The second kappa shape index (κ2) is 10.8. The van der Waals surface area contributed by atoms with Crippen molar-refractivity contribution < 1.29 is 23.7 Å². The highest BCUT2D eigenvalue weighted by Gasteiger charge is 2.31. The number of hydrogen-bond donors (Lipinski definition) is 0. The molecule has 0 fully saturated rings. The molecule has 0 radical (unpaired) electrons. The lowest BCUT2D eigenvalue weighted by Gasteiger charge is -2.23. The molecule has 9 heteroatoms. The molecular formula is C27H28N2O6S. The summed E-state index contributed by atoms with van der Waals surface area (Å²) in [6, 6.07) is 10.4. The number of carbonyl (C=O) groups is 1. The molecule has 1 aliphatic rings. The van der Waals surface area contributed by atoms with Crippen molar-refractivity contribution in [1.29, 1.82) is 0 Å². The maximum absolute atomic E-state index is 13.7. The summed E-state index contributed by atoms with van der Waals surface area (Å²) in [5.41, 5.74) is 2.49. The minimum absolute atomic E-state index is 0.250. The topological polar surface area (TPSA) is 88.4 Å². The lowest BCUT2D eigenvalue weighted by atomic mass is 9.97. The quantitative estimate of drug-likeness (QED) is 0.435. The van der Waals surface area contributed by atoms with E-state index in [4.69, 9.17) is 18.9 Å². The van der Waals surface area contributed by atoms with Crippen molar-refractivity contribution in [1.82, 2.24) is 4.57 Å². The van der Waals surface area contributed by atoms with Gasteiger partial charge in [0.2, 0.25) is 0 Å². The Morgan fingerprint density at radius 3 is 2.50 bits per heavy atom. The van der Waals surface area contributed by atoms with Gasteiger partial charge in [-0.15, -0.1) is 0 Å². The Bertz CT molecular complexity index is 1500. The van der Waals surface area contributed by atoms with Crippen molar-refractivity contribution in [2.75, 3.05) is 27.4 Å².